The van der Waals surface area contributed by atoms with E-state index in [1.807, 2.05) is 13.8 Å². The minimum Gasteiger partial charge on any atom is -0.465 e. The minimum absolute atomic E-state index is 0.0159. The number of ketones is 1. The Morgan fingerprint density at radius 3 is 1.90 bits per heavy atom. The van der Waals surface area contributed by atoms with Crippen LogP contribution in [0.4, 0.5) is 0 Å². The number of rotatable bonds is 17. The summed E-state index contributed by atoms with van der Waals surface area (Å²) in [4.78, 5) is 46.5. The van der Waals surface area contributed by atoms with E-state index in [4.69, 9.17) is 25.4 Å². The summed E-state index contributed by atoms with van der Waals surface area (Å²) < 4.78 is 22.0. The number of carbonyl (C=O) groups excluding carboxylic acids is 4. The highest BCUT2D eigenvalue weighted by atomic mass is 16.6. The van der Waals surface area contributed by atoms with E-state index in [0.29, 0.717) is 0 Å². The standard InChI is InChI=1S/C23H36O8/c1-7-19(6)22(27)31-16-23(13-28-11-8-10-24,15-30-21(26)18(4)5)14-29-12-9-20(25)17(2)3/h1,10,17-19H,8-9,11-16H2,2-6H3. The molecule has 31 heavy (non-hydrogen) atoms. The van der Waals surface area contributed by atoms with E-state index in [1.165, 1.54) is 6.92 Å². The van der Waals surface area contributed by atoms with Gasteiger partial charge in [-0.05, 0) is 6.92 Å². The third-order valence-electron chi connectivity index (χ3n) is 4.45. The fourth-order valence-corrected chi connectivity index (χ4v) is 2.23. The van der Waals surface area contributed by atoms with Crippen molar-refractivity contribution in [2.45, 2.75) is 47.5 Å². The van der Waals surface area contributed by atoms with Gasteiger partial charge in [0.05, 0.1) is 37.8 Å². The average Bonchev–Trinajstić information content (AvgIpc) is 2.74. The van der Waals surface area contributed by atoms with Crippen molar-refractivity contribution in [3.63, 3.8) is 0 Å². The zero-order valence-corrected chi connectivity index (χ0v) is 19.3. The maximum Gasteiger partial charge on any atom is 0.320 e. The van der Waals surface area contributed by atoms with E-state index in [1.54, 1.807) is 13.8 Å². The summed E-state index contributed by atoms with van der Waals surface area (Å²) in [6.07, 6.45) is 6.43. The summed E-state index contributed by atoms with van der Waals surface area (Å²) in [5, 5.41) is 0. The van der Waals surface area contributed by atoms with Gasteiger partial charge in [0, 0.05) is 18.8 Å². The fourth-order valence-electron chi connectivity index (χ4n) is 2.23. The van der Waals surface area contributed by atoms with Crippen LogP contribution in [0.3, 0.4) is 0 Å². The highest BCUT2D eigenvalue weighted by molar-refractivity contribution is 5.80. The maximum atomic E-state index is 12.1. The molecular formula is C23H36O8. The van der Waals surface area contributed by atoms with E-state index in [2.05, 4.69) is 5.92 Å². The molecule has 0 amide bonds. The largest absolute Gasteiger partial charge is 0.465 e. The molecule has 0 aliphatic rings. The van der Waals surface area contributed by atoms with Gasteiger partial charge in [0.1, 0.15) is 31.2 Å². The van der Waals surface area contributed by atoms with Crippen molar-refractivity contribution in [2.24, 2.45) is 23.2 Å². The topological polar surface area (TPSA) is 105 Å². The Hall–Kier alpha value is -2.24. The lowest BCUT2D eigenvalue weighted by Gasteiger charge is -2.32. The Morgan fingerprint density at radius 1 is 0.871 bits per heavy atom. The highest BCUT2D eigenvalue weighted by Gasteiger charge is 2.36. The molecule has 0 N–H and O–H groups in total. The first kappa shape index (κ1) is 28.8. The predicted octanol–water partition coefficient (Wildman–Crippen LogP) is 2.22. The molecule has 0 aromatic heterocycles. The normalized spacial score (nSPS) is 13.9. The first-order chi connectivity index (χ1) is 14.6. The molecule has 0 spiro atoms. The van der Waals surface area contributed by atoms with Crippen LogP contribution < -0.4 is 0 Å². The quantitative estimate of drug-likeness (QED) is 0.147. The molecule has 0 saturated carbocycles. The van der Waals surface area contributed by atoms with Crippen LogP contribution in [0.2, 0.25) is 0 Å². The number of terminal acetylenes is 1. The lowest BCUT2D eigenvalue weighted by atomic mass is 9.92. The van der Waals surface area contributed by atoms with Gasteiger partial charge in [-0.15, -0.1) is 6.42 Å². The molecule has 0 heterocycles. The number of esters is 2. The average molecular weight is 441 g/mol. The number of carbonyl (C=O) groups is 4. The summed E-state index contributed by atoms with van der Waals surface area (Å²) in [7, 11) is 0. The van der Waals surface area contributed by atoms with Crippen molar-refractivity contribution in [1.82, 2.24) is 0 Å². The molecule has 0 bridgehead atoms. The minimum atomic E-state index is -1.02. The Morgan fingerprint density at radius 2 is 1.42 bits per heavy atom. The van der Waals surface area contributed by atoms with Crippen molar-refractivity contribution in [3.8, 4) is 12.3 Å². The van der Waals surface area contributed by atoms with Gasteiger partial charge in [-0.2, -0.15) is 0 Å². The number of Topliss-reactive ketones (excluding diaryl/α,β-unsaturated/α-hetero) is 1. The third kappa shape index (κ3) is 12.3. The first-order valence-electron chi connectivity index (χ1n) is 10.5. The van der Waals surface area contributed by atoms with Crippen LogP contribution >= 0.6 is 0 Å². The van der Waals surface area contributed by atoms with Crippen LogP contribution in [-0.2, 0) is 38.1 Å². The van der Waals surface area contributed by atoms with Crippen LogP contribution in [-0.4, -0.2) is 63.6 Å². The van der Waals surface area contributed by atoms with Crippen molar-refractivity contribution < 1.29 is 38.1 Å². The first-order valence-corrected chi connectivity index (χ1v) is 10.5. The molecule has 0 aromatic carbocycles. The molecule has 0 saturated heterocycles. The van der Waals surface area contributed by atoms with Gasteiger partial charge in [-0.1, -0.05) is 33.6 Å². The number of hydrogen-bond donors (Lipinski definition) is 0. The van der Waals surface area contributed by atoms with Gasteiger partial charge in [0.15, 0.2) is 0 Å². The van der Waals surface area contributed by atoms with Crippen molar-refractivity contribution in [2.75, 3.05) is 39.6 Å². The molecule has 0 aliphatic carbocycles. The lowest BCUT2D eigenvalue weighted by Crippen LogP contribution is -2.43. The summed E-state index contributed by atoms with van der Waals surface area (Å²) >= 11 is 0. The van der Waals surface area contributed by atoms with Gasteiger partial charge < -0.3 is 23.7 Å². The summed E-state index contributed by atoms with van der Waals surface area (Å²) in [5.74, 6) is 0.169. The number of aldehydes is 1. The smallest absolute Gasteiger partial charge is 0.320 e. The third-order valence-corrected chi connectivity index (χ3v) is 4.45. The molecular weight excluding hydrogens is 404 g/mol. The lowest BCUT2D eigenvalue weighted by molar-refractivity contribution is -0.165. The number of hydrogen-bond acceptors (Lipinski definition) is 8. The molecule has 0 rings (SSSR count). The molecule has 0 aliphatic heterocycles. The number of ether oxygens (including phenoxy) is 4. The maximum absolute atomic E-state index is 12.1. The summed E-state index contributed by atoms with van der Waals surface area (Å²) in [5.41, 5.74) is -1.02. The van der Waals surface area contributed by atoms with Gasteiger partial charge in [0.25, 0.3) is 0 Å². The Bertz CT molecular complexity index is 620. The van der Waals surface area contributed by atoms with E-state index in [-0.39, 0.29) is 70.1 Å². The second-order valence-corrected chi connectivity index (χ2v) is 8.19. The van der Waals surface area contributed by atoms with Gasteiger partial charge in [-0.3, -0.25) is 14.4 Å². The highest BCUT2D eigenvalue weighted by Crippen LogP contribution is 2.22. The van der Waals surface area contributed by atoms with Crippen LogP contribution in [0, 0.1) is 35.5 Å². The fraction of sp³-hybridized carbons (Fsp3) is 0.739. The van der Waals surface area contributed by atoms with E-state index >= 15 is 0 Å². The van der Waals surface area contributed by atoms with E-state index < -0.39 is 23.3 Å². The molecule has 8 nitrogen and oxygen atoms in total. The van der Waals surface area contributed by atoms with E-state index in [9.17, 15) is 19.2 Å². The van der Waals surface area contributed by atoms with Crippen LogP contribution in [0.25, 0.3) is 0 Å². The molecule has 2 unspecified atom stereocenters. The second kappa shape index (κ2) is 15.5. The summed E-state index contributed by atoms with van der Waals surface area (Å²) in [6, 6.07) is 0. The predicted molar refractivity (Wildman–Crippen MR) is 114 cm³/mol. The zero-order chi connectivity index (χ0) is 23.9. The molecule has 0 fully saturated rings. The van der Waals surface area contributed by atoms with Crippen molar-refractivity contribution in [3.05, 3.63) is 0 Å². The van der Waals surface area contributed by atoms with E-state index in [0.717, 1.165) is 6.29 Å². The Balaban J connectivity index is 5.33. The SMILES string of the molecule is C#CC(C)C(=O)OCC(COCCC=O)(COCCC(=O)C(C)C)COC(=O)C(C)C. The van der Waals surface area contributed by atoms with Gasteiger partial charge in [-0.25, -0.2) is 0 Å². The van der Waals surface area contributed by atoms with Crippen molar-refractivity contribution >= 4 is 24.0 Å². The molecule has 176 valence electrons. The van der Waals surface area contributed by atoms with Crippen molar-refractivity contribution in [1.29, 1.82) is 0 Å². The van der Waals surface area contributed by atoms with Crippen LogP contribution in [0.5, 0.6) is 0 Å². The zero-order valence-electron chi connectivity index (χ0n) is 19.3. The van der Waals surface area contributed by atoms with Gasteiger partial charge in [0.2, 0.25) is 0 Å². The Labute approximate surface area is 185 Å². The van der Waals surface area contributed by atoms with Gasteiger partial charge >= 0.3 is 11.9 Å². The Kier molecular flexibility index (Phi) is 14.4. The van der Waals surface area contributed by atoms with Crippen LogP contribution in [0.15, 0.2) is 0 Å². The summed E-state index contributed by atoms with van der Waals surface area (Å²) in [6.45, 7) is 8.63. The second-order valence-electron chi connectivity index (χ2n) is 8.19. The van der Waals surface area contributed by atoms with Crippen LogP contribution in [0.1, 0.15) is 47.5 Å². The molecule has 8 heteroatoms. The molecule has 2 atom stereocenters. The molecule has 0 radical (unpaired) electrons. The monoisotopic (exact) mass is 440 g/mol. The molecule has 0 aromatic rings.